The lowest BCUT2D eigenvalue weighted by atomic mass is 9.90. The summed E-state index contributed by atoms with van der Waals surface area (Å²) in [4.78, 5) is 24.7. The van der Waals surface area contributed by atoms with Gasteiger partial charge in [-0.05, 0) is 31.7 Å². The SMILES string of the molecule is C[C@]1(C(=O)O)CCN(C(=O)CS(=O)(=O)CCCc2ccccc2)C1. The summed E-state index contributed by atoms with van der Waals surface area (Å²) in [5.41, 5.74) is 0.0861. The number of hydrogen-bond donors (Lipinski definition) is 1. The molecule has 1 saturated heterocycles. The van der Waals surface area contributed by atoms with Gasteiger partial charge in [0.1, 0.15) is 5.75 Å². The molecular weight excluding hydrogens is 330 g/mol. The van der Waals surface area contributed by atoms with Crippen molar-refractivity contribution in [3.05, 3.63) is 35.9 Å². The van der Waals surface area contributed by atoms with Crippen LogP contribution in [0, 0.1) is 5.41 Å². The number of likely N-dealkylation sites (tertiary alicyclic amines) is 1. The molecule has 1 aromatic rings. The summed E-state index contributed by atoms with van der Waals surface area (Å²) in [6, 6.07) is 9.59. The zero-order chi connectivity index (χ0) is 17.8. The quantitative estimate of drug-likeness (QED) is 0.799. The number of carboxylic acids is 1. The van der Waals surface area contributed by atoms with Crippen molar-refractivity contribution in [2.75, 3.05) is 24.6 Å². The van der Waals surface area contributed by atoms with Gasteiger partial charge in [0.2, 0.25) is 5.91 Å². The van der Waals surface area contributed by atoms with Crippen LogP contribution in [0.3, 0.4) is 0 Å². The number of amides is 1. The predicted octanol–water partition coefficient (Wildman–Crippen LogP) is 1.36. The molecule has 24 heavy (non-hydrogen) atoms. The zero-order valence-corrected chi connectivity index (χ0v) is 14.6. The smallest absolute Gasteiger partial charge is 0.311 e. The van der Waals surface area contributed by atoms with Crippen molar-refractivity contribution >= 4 is 21.7 Å². The highest BCUT2D eigenvalue weighted by Gasteiger charge is 2.42. The fourth-order valence-electron chi connectivity index (χ4n) is 2.84. The Balaban J connectivity index is 1.83. The second-order valence-corrected chi connectivity index (χ2v) is 8.80. The van der Waals surface area contributed by atoms with Gasteiger partial charge in [0, 0.05) is 13.1 Å². The maximum absolute atomic E-state index is 12.2. The lowest BCUT2D eigenvalue weighted by molar-refractivity contribution is -0.147. The Morgan fingerprint density at radius 1 is 1.25 bits per heavy atom. The van der Waals surface area contributed by atoms with Gasteiger partial charge in [0.25, 0.3) is 0 Å². The van der Waals surface area contributed by atoms with Gasteiger partial charge in [-0.3, -0.25) is 9.59 Å². The van der Waals surface area contributed by atoms with Crippen molar-refractivity contribution in [3.8, 4) is 0 Å². The van der Waals surface area contributed by atoms with Crippen molar-refractivity contribution in [2.24, 2.45) is 5.41 Å². The minimum absolute atomic E-state index is 0.0440. The lowest BCUT2D eigenvalue weighted by Crippen LogP contribution is -2.38. The summed E-state index contributed by atoms with van der Waals surface area (Å²) in [5, 5.41) is 9.17. The third-order valence-electron chi connectivity index (χ3n) is 4.45. The summed E-state index contributed by atoms with van der Waals surface area (Å²) in [7, 11) is -3.48. The number of rotatable bonds is 7. The van der Waals surface area contributed by atoms with Crippen LogP contribution in [0.15, 0.2) is 30.3 Å². The van der Waals surface area contributed by atoms with Gasteiger partial charge in [0.15, 0.2) is 9.84 Å². The van der Waals surface area contributed by atoms with Gasteiger partial charge in [0.05, 0.1) is 11.2 Å². The minimum Gasteiger partial charge on any atom is -0.481 e. The molecule has 0 aromatic heterocycles. The fraction of sp³-hybridized carbons (Fsp3) is 0.529. The van der Waals surface area contributed by atoms with E-state index in [0.29, 0.717) is 25.8 Å². The average molecular weight is 353 g/mol. The van der Waals surface area contributed by atoms with Gasteiger partial charge in [-0.2, -0.15) is 0 Å². The molecule has 1 N–H and O–H groups in total. The molecule has 7 heteroatoms. The molecule has 0 aliphatic carbocycles. The average Bonchev–Trinajstić information content (AvgIpc) is 2.92. The van der Waals surface area contributed by atoms with E-state index in [1.165, 1.54) is 4.90 Å². The van der Waals surface area contributed by atoms with Gasteiger partial charge in [-0.1, -0.05) is 30.3 Å². The highest BCUT2D eigenvalue weighted by molar-refractivity contribution is 7.92. The standard InChI is InChI=1S/C17H23NO5S/c1-17(16(20)21)9-10-18(13-17)15(19)12-24(22,23)11-5-8-14-6-3-2-4-7-14/h2-4,6-7H,5,8-13H2,1H3,(H,20,21)/t17-/m0/s1. The van der Waals surface area contributed by atoms with E-state index in [2.05, 4.69) is 0 Å². The molecule has 1 heterocycles. The van der Waals surface area contributed by atoms with Crippen LogP contribution < -0.4 is 0 Å². The number of carbonyl (C=O) groups excluding carboxylic acids is 1. The molecule has 1 fully saturated rings. The Labute approximate surface area is 142 Å². The van der Waals surface area contributed by atoms with Gasteiger partial charge in [-0.25, -0.2) is 8.42 Å². The first-order chi connectivity index (χ1) is 11.2. The Morgan fingerprint density at radius 3 is 2.50 bits per heavy atom. The number of carbonyl (C=O) groups is 2. The molecule has 0 spiro atoms. The first-order valence-corrected chi connectivity index (χ1v) is 9.79. The van der Waals surface area contributed by atoms with Crippen molar-refractivity contribution < 1.29 is 23.1 Å². The van der Waals surface area contributed by atoms with Gasteiger partial charge in [-0.15, -0.1) is 0 Å². The number of carboxylic acid groups (broad SMARTS) is 1. The molecule has 0 saturated carbocycles. The van der Waals surface area contributed by atoms with Crippen LogP contribution in [0.25, 0.3) is 0 Å². The Hall–Kier alpha value is -1.89. The summed E-state index contributed by atoms with van der Waals surface area (Å²) >= 11 is 0. The van der Waals surface area contributed by atoms with Crippen LogP contribution in [0.5, 0.6) is 0 Å². The number of nitrogens with zero attached hydrogens (tertiary/aromatic N) is 1. The Bertz CT molecular complexity index is 701. The van der Waals surface area contributed by atoms with Crippen LogP contribution in [0.4, 0.5) is 0 Å². The van der Waals surface area contributed by atoms with Crippen molar-refractivity contribution in [2.45, 2.75) is 26.2 Å². The summed E-state index contributed by atoms with van der Waals surface area (Å²) < 4.78 is 24.2. The molecule has 1 aliphatic rings. The molecule has 0 bridgehead atoms. The van der Waals surface area contributed by atoms with Crippen LogP contribution in [0.2, 0.25) is 0 Å². The molecule has 0 unspecified atom stereocenters. The van der Waals surface area contributed by atoms with Crippen LogP contribution in [-0.4, -0.2) is 54.9 Å². The van der Waals surface area contributed by atoms with E-state index >= 15 is 0 Å². The predicted molar refractivity (Wildman–Crippen MR) is 90.4 cm³/mol. The van der Waals surface area contributed by atoms with Crippen molar-refractivity contribution in [1.82, 2.24) is 4.90 Å². The maximum Gasteiger partial charge on any atom is 0.311 e. The van der Waals surface area contributed by atoms with E-state index in [1.54, 1.807) is 6.92 Å². The topological polar surface area (TPSA) is 91.8 Å². The second-order valence-electron chi connectivity index (χ2n) is 6.61. The number of hydrogen-bond acceptors (Lipinski definition) is 4. The van der Waals surface area contributed by atoms with E-state index in [0.717, 1.165) is 5.56 Å². The summed E-state index contributed by atoms with van der Waals surface area (Å²) in [5.74, 6) is -2.04. The van der Waals surface area contributed by atoms with E-state index in [9.17, 15) is 23.1 Å². The summed E-state index contributed by atoms with van der Waals surface area (Å²) in [6.07, 6.45) is 1.46. The molecule has 132 valence electrons. The molecular formula is C17H23NO5S. The molecule has 1 amide bonds. The van der Waals surface area contributed by atoms with Crippen LogP contribution in [-0.2, 0) is 25.8 Å². The third-order valence-corrected chi connectivity index (χ3v) is 6.05. The third kappa shape index (κ3) is 4.80. The maximum atomic E-state index is 12.2. The highest BCUT2D eigenvalue weighted by atomic mass is 32.2. The first kappa shape index (κ1) is 18.4. The van der Waals surface area contributed by atoms with E-state index in [-0.39, 0.29) is 12.3 Å². The molecule has 0 radical (unpaired) electrons. The molecule has 1 aliphatic heterocycles. The van der Waals surface area contributed by atoms with Crippen molar-refractivity contribution in [3.63, 3.8) is 0 Å². The number of benzene rings is 1. The fourth-order valence-corrected chi connectivity index (χ4v) is 4.13. The largest absolute Gasteiger partial charge is 0.481 e. The number of aryl methyl sites for hydroxylation is 1. The zero-order valence-electron chi connectivity index (χ0n) is 13.8. The molecule has 1 atom stereocenters. The molecule has 1 aromatic carbocycles. The van der Waals surface area contributed by atoms with Gasteiger partial charge >= 0.3 is 5.97 Å². The van der Waals surface area contributed by atoms with Crippen molar-refractivity contribution in [1.29, 1.82) is 0 Å². The Kier molecular flexibility index (Phi) is 5.64. The lowest BCUT2D eigenvalue weighted by Gasteiger charge is -2.20. The normalized spacial score (nSPS) is 21.0. The highest BCUT2D eigenvalue weighted by Crippen LogP contribution is 2.30. The van der Waals surface area contributed by atoms with E-state index < -0.39 is 32.9 Å². The number of sulfone groups is 1. The monoisotopic (exact) mass is 353 g/mol. The van der Waals surface area contributed by atoms with Crippen LogP contribution >= 0.6 is 0 Å². The summed E-state index contributed by atoms with van der Waals surface area (Å²) in [6.45, 7) is 1.94. The Morgan fingerprint density at radius 2 is 1.92 bits per heavy atom. The van der Waals surface area contributed by atoms with Crippen LogP contribution in [0.1, 0.15) is 25.3 Å². The van der Waals surface area contributed by atoms with E-state index in [1.807, 2.05) is 30.3 Å². The minimum atomic E-state index is -3.48. The first-order valence-electron chi connectivity index (χ1n) is 7.97. The van der Waals surface area contributed by atoms with Gasteiger partial charge < -0.3 is 10.0 Å². The molecule has 6 nitrogen and oxygen atoms in total. The number of aliphatic carboxylic acids is 1. The van der Waals surface area contributed by atoms with E-state index in [4.69, 9.17) is 0 Å². The molecule has 2 rings (SSSR count). The second kappa shape index (κ2) is 7.34.